The third-order valence-corrected chi connectivity index (χ3v) is 5.18. The van der Waals surface area contributed by atoms with Crippen LogP contribution in [0.3, 0.4) is 0 Å². The SMILES string of the molecule is CC(C)c1nc2scc(-c3ccc(-c4ccccc4)cc3)c2c(=O)[nH]1. The smallest absolute Gasteiger partial charge is 0.260 e. The molecule has 0 fully saturated rings. The van der Waals surface area contributed by atoms with Gasteiger partial charge in [0, 0.05) is 16.9 Å². The van der Waals surface area contributed by atoms with Crippen molar-refractivity contribution in [2.24, 2.45) is 0 Å². The predicted molar refractivity (Wildman–Crippen MR) is 105 cm³/mol. The average molecular weight is 346 g/mol. The van der Waals surface area contributed by atoms with Gasteiger partial charge < -0.3 is 4.98 Å². The van der Waals surface area contributed by atoms with Gasteiger partial charge in [0.05, 0.1) is 5.39 Å². The van der Waals surface area contributed by atoms with Crippen LogP contribution in [0.4, 0.5) is 0 Å². The van der Waals surface area contributed by atoms with Crippen molar-refractivity contribution in [2.45, 2.75) is 19.8 Å². The predicted octanol–water partition coefficient (Wildman–Crippen LogP) is 5.44. The zero-order valence-corrected chi connectivity index (χ0v) is 14.9. The van der Waals surface area contributed by atoms with E-state index in [4.69, 9.17) is 0 Å². The lowest BCUT2D eigenvalue weighted by molar-refractivity contribution is 0.778. The number of aromatic nitrogens is 2. The number of thiophene rings is 1. The molecule has 4 heteroatoms. The summed E-state index contributed by atoms with van der Waals surface area (Å²) in [7, 11) is 0. The Hall–Kier alpha value is -2.72. The Balaban J connectivity index is 1.79. The number of rotatable bonds is 3. The highest BCUT2D eigenvalue weighted by atomic mass is 32.1. The Kier molecular flexibility index (Phi) is 3.98. The fourth-order valence-electron chi connectivity index (χ4n) is 2.92. The quantitative estimate of drug-likeness (QED) is 0.537. The first-order valence-electron chi connectivity index (χ1n) is 8.31. The third-order valence-electron chi connectivity index (χ3n) is 4.31. The Labute approximate surface area is 150 Å². The van der Waals surface area contributed by atoms with Crippen molar-refractivity contribution in [3.8, 4) is 22.3 Å². The van der Waals surface area contributed by atoms with Gasteiger partial charge in [0.25, 0.3) is 5.56 Å². The molecule has 0 saturated heterocycles. The number of fused-ring (bicyclic) bond motifs is 1. The normalized spacial score (nSPS) is 11.3. The van der Waals surface area contributed by atoms with Crippen LogP contribution < -0.4 is 5.56 Å². The van der Waals surface area contributed by atoms with Gasteiger partial charge in [-0.05, 0) is 16.7 Å². The van der Waals surface area contributed by atoms with E-state index in [-0.39, 0.29) is 11.5 Å². The standard InChI is InChI=1S/C21H18N2OS/c1-13(2)19-22-20(24)18-17(12-25-21(18)23-19)16-10-8-15(9-11-16)14-6-4-3-5-7-14/h3-13H,1-2H3,(H,22,23,24). The van der Waals surface area contributed by atoms with Crippen molar-refractivity contribution in [3.05, 3.63) is 76.2 Å². The summed E-state index contributed by atoms with van der Waals surface area (Å²) < 4.78 is 0. The van der Waals surface area contributed by atoms with Crippen LogP contribution in [0.25, 0.3) is 32.5 Å². The molecule has 25 heavy (non-hydrogen) atoms. The van der Waals surface area contributed by atoms with E-state index in [1.807, 2.05) is 37.4 Å². The first-order chi connectivity index (χ1) is 12.1. The van der Waals surface area contributed by atoms with E-state index in [0.717, 1.165) is 27.3 Å². The molecule has 2 aromatic carbocycles. The largest absolute Gasteiger partial charge is 0.310 e. The number of aromatic amines is 1. The Morgan fingerprint density at radius 1 is 0.920 bits per heavy atom. The zero-order valence-electron chi connectivity index (χ0n) is 14.1. The van der Waals surface area contributed by atoms with E-state index >= 15 is 0 Å². The summed E-state index contributed by atoms with van der Waals surface area (Å²) in [5, 5.41) is 2.70. The Morgan fingerprint density at radius 3 is 2.24 bits per heavy atom. The summed E-state index contributed by atoms with van der Waals surface area (Å²) in [6.45, 7) is 4.06. The van der Waals surface area contributed by atoms with Crippen LogP contribution in [0, 0.1) is 0 Å². The third kappa shape index (κ3) is 2.89. The number of hydrogen-bond acceptors (Lipinski definition) is 3. The fourth-order valence-corrected chi connectivity index (χ4v) is 3.88. The summed E-state index contributed by atoms with van der Waals surface area (Å²) in [6, 6.07) is 18.6. The second kappa shape index (κ2) is 6.30. The minimum absolute atomic E-state index is 0.0583. The van der Waals surface area contributed by atoms with E-state index in [9.17, 15) is 4.79 Å². The average Bonchev–Trinajstić information content (AvgIpc) is 3.07. The van der Waals surface area contributed by atoms with E-state index in [0.29, 0.717) is 5.39 Å². The van der Waals surface area contributed by atoms with Crippen molar-refractivity contribution in [1.82, 2.24) is 9.97 Å². The first-order valence-corrected chi connectivity index (χ1v) is 9.18. The lowest BCUT2D eigenvalue weighted by Crippen LogP contribution is -2.12. The van der Waals surface area contributed by atoms with E-state index in [1.165, 1.54) is 16.9 Å². The highest BCUT2D eigenvalue weighted by molar-refractivity contribution is 7.17. The monoisotopic (exact) mass is 346 g/mol. The van der Waals surface area contributed by atoms with Crippen LogP contribution in [0.5, 0.6) is 0 Å². The molecular weight excluding hydrogens is 328 g/mol. The van der Waals surface area contributed by atoms with Gasteiger partial charge in [0.15, 0.2) is 0 Å². The molecule has 3 nitrogen and oxygen atoms in total. The Morgan fingerprint density at radius 2 is 1.56 bits per heavy atom. The van der Waals surface area contributed by atoms with Crippen LogP contribution in [-0.2, 0) is 0 Å². The molecule has 124 valence electrons. The van der Waals surface area contributed by atoms with Gasteiger partial charge in [0.2, 0.25) is 0 Å². The topological polar surface area (TPSA) is 45.8 Å². The Bertz CT molecular complexity index is 1080. The van der Waals surface area contributed by atoms with Crippen molar-refractivity contribution < 1.29 is 0 Å². The minimum Gasteiger partial charge on any atom is -0.310 e. The highest BCUT2D eigenvalue weighted by Crippen LogP contribution is 2.32. The molecule has 4 aromatic rings. The molecule has 4 rings (SSSR count). The summed E-state index contributed by atoms with van der Waals surface area (Å²) in [5.41, 5.74) is 4.28. The molecular formula is C21H18N2OS. The maximum Gasteiger partial charge on any atom is 0.260 e. The van der Waals surface area contributed by atoms with Crippen molar-refractivity contribution >= 4 is 21.6 Å². The van der Waals surface area contributed by atoms with E-state index in [1.54, 1.807) is 0 Å². The van der Waals surface area contributed by atoms with Crippen LogP contribution in [0.1, 0.15) is 25.6 Å². The fraction of sp³-hybridized carbons (Fsp3) is 0.143. The lowest BCUT2D eigenvalue weighted by Gasteiger charge is -2.05. The molecule has 0 bridgehead atoms. The molecule has 0 radical (unpaired) electrons. The lowest BCUT2D eigenvalue weighted by atomic mass is 10.0. The minimum atomic E-state index is -0.0583. The molecule has 0 saturated carbocycles. The maximum atomic E-state index is 12.6. The van der Waals surface area contributed by atoms with Crippen LogP contribution in [-0.4, -0.2) is 9.97 Å². The summed E-state index contributed by atoms with van der Waals surface area (Å²) in [5.74, 6) is 0.943. The van der Waals surface area contributed by atoms with Crippen LogP contribution >= 0.6 is 11.3 Å². The second-order valence-electron chi connectivity index (χ2n) is 6.38. The number of H-pyrrole nitrogens is 1. The van der Waals surface area contributed by atoms with E-state index < -0.39 is 0 Å². The summed E-state index contributed by atoms with van der Waals surface area (Å²) >= 11 is 1.52. The van der Waals surface area contributed by atoms with Gasteiger partial charge >= 0.3 is 0 Å². The zero-order chi connectivity index (χ0) is 17.4. The summed E-state index contributed by atoms with van der Waals surface area (Å²) in [4.78, 5) is 20.9. The second-order valence-corrected chi connectivity index (χ2v) is 7.24. The number of nitrogens with zero attached hydrogens (tertiary/aromatic N) is 1. The molecule has 0 spiro atoms. The van der Waals surface area contributed by atoms with Gasteiger partial charge in [0.1, 0.15) is 10.7 Å². The van der Waals surface area contributed by atoms with Gasteiger partial charge in [-0.2, -0.15) is 0 Å². The highest BCUT2D eigenvalue weighted by Gasteiger charge is 2.14. The molecule has 1 N–H and O–H groups in total. The number of benzene rings is 2. The van der Waals surface area contributed by atoms with E-state index in [2.05, 4.69) is 46.4 Å². The molecule has 0 unspecified atom stereocenters. The molecule has 0 aliphatic heterocycles. The van der Waals surface area contributed by atoms with Crippen molar-refractivity contribution in [3.63, 3.8) is 0 Å². The molecule has 0 amide bonds. The first kappa shape index (κ1) is 15.8. The van der Waals surface area contributed by atoms with Gasteiger partial charge in [-0.15, -0.1) is 11.3 Å². The number of hydrogen-bond donors (Lipinski definition) is 1. The van der Waals surface area contributed by atoms with Gasteiger partial charge in [-0.1, -0.05) is 68.4 Å². The molecule has 2 heterocycles. The molecule has 0 aliphatic carbocycles. The number of nitrogens with one attached hydrogen (secondary N) is 1. The summed E-state index contributed by atoms with van der Waals surface area (Å²) in [6.07, 6.45) is 0. The van der Waals surface area contributed by atoms with Crippen molar-refractivity contribution in [1.29, 1.82) is 0 Å². The molecule has 2 aromatic heterocycles. The van der Waals surface area contributed by atoms with Crippen molar-refractivity contribution in [2.75, 3.05) is 0 Å². The molecule has 0 aliphatic rings. The van der Waals surface area contributed by atoms with Crippen LogP contribution in [0.2, 0.25) is 0 Å². The maximum absolute atomic E-state index is 12.6. The van der Waals surface area contributed by atoms with Gasteiger partial charge in [-0.3, -0.25) is 4.79 Å². The molecule has 0 atom stereocenters. The van der Waals surface area contributed by atoms with Gasteiger partial charge in [-0.25, -0.2) is 4.98 Å². The van der Waals surface area contributed by atoms with Crippen LogP contribution in [0.15, 0.2) is 64.8 Å².